The van der Waals surface area contributed by atoms with Gasteiger partial charge >= 0.3 is 5.97 Å². The van der Waals surface area contributed by atoms with Gasteiger partial charge in [-0.15, -0.1) is 0 Å². The van der Waals surface area contributed by atoms with Crippen LogP contribution >= 0.6 is 12.0 Å². The van der Waals surface area contributed by atoms with Gasteiger partial charge in [0, 0.05) is 4.90 Å². The molecular formula is C17H23O5S-. The lowest BCUT2D eigenvalue weighted by Gasteiger charge is -2.21. The van der Waals surface area contributed by atoms with Crippen LogP contribution in [0.2, 0.25) is 0 Å². The Kier molecular flexibility index (Phi) is 8.46. The van der Waals surface area contributed by atoms with Gasteiger partial charge in [0.25, 0.3) is 0 Å². The Hall–Kier alpha value is -1.08. The molecule has 0 aliphatic heterocycles. The Labute approximate surface area is 141 Å². The number of esters is 1. The predicted octanol–water partition coefficient (Wildman–Crippen LogP) is 3.82. The van der Waals surface area contributed by atoms with Crippen molar-refractivity contribution < 1.29 is 24.2 Å². The fourth-order valence-electron chi connectivity index (χ4n) is 2.96. The largest absolute Gasteiger partial charge is 0.691 e. The monoisotopic (exact) mass is 339 g/mol. The van der Waals surface area contributed by atoms with Crippen LogP contribution in [-0.4, -0.2) is 12.6 Å². The third kappa shape index (κ3) is 6.91. The molecule has 0 amide bonds. The van der Waals surface area contributed by atoms with Crippen LogP contribution in [0.5, 0.6) is 0 Å². The Morgan fingerprint density at radius 1 is 1.13 bits per heavy atom. The van der Waals surface area contributed by atoms with Crippen molar-refractivity contribution in [1.29, 1.82) is 0 Å². The second-order valence-corrected chi connectivity index (χ2v) is 6.65. The fraction of sp³-hybridized carbons (Fsp3) is 0.588. The molecule has 1 aliphatic rings. The highest BCUT2D eigenvalue weighted by atomic mass is 32.2. The predicted molar refractivity (Wildman–Crippen MR) is 85.2 cm³/mol. The van der Waals surface area contributed by atoms with Crippen molar-refractivity contribution in [2.24, 2.45) is 5.92 Å². The quantitative estimate of drug-likeness (QED) is 0.224. The van der Waals surface area contributed by atoms with Crippen molar-refractivity contribution in [2.45, 2.75) is 56.3 Å². The van der Waals surface area contributed by atoms with Crippen molar-refractivity contribution in [2.75, 3.05) is 6.61 Å². The number of hydrogen-bond donors (Lipinski definition) is 0. The number of unbranched alkanes of at least 4 members (excludes halogenated alkanes) is 1. The maximum atomic E-state index is 11.9. The molecule has 0 bridgehead atoms. The van der Waals surface area contributed by atoms with Gasteiger partial charge in [-0.3, -0.25) is 5.04 Å². The zero-order valence-electron chi connectivity index (χ0n) is 13.2. The second-order valence-electron chi connectivity index (χ2n) is 5.88. The van der Waals surface area contributed by atoms with Crippen LogP contribution in [-0.2, 0) is 14.1 Å². The highest BCUT2D eigenvalue weighted by Crippen LogP contribution is 2.27. The van der Waals surface area contributed by atoms with Gasteiger partial charge in [-0.1, -0.05) is 38.5 Å². The molecule has 0 N–H and O–H groups in total. The van der Waals surface area contributed by atoms with Gasteiger partial charge in [0.15, 0.2) is 0 Å². The summed E-state index contributed by atoms with van der Waals surface area (Å²) in [6.07, 6.45) is 10.2. The molecular weight excluding hydrogens is 316 g/mol. The van der Waals surface area contributed by atoms with Crippen LogP contribution in [0.1, 0.15) is 61.7 Å². The summed E-state index contributed by atoms with van der Waals surface area (Å²) in [5.41, 5.74) is 0.490. The van der Waals surface area contributed by atoms with Crippen molar-refractivity contribution >= 4 is 18.0 Å². The van der Waals surface area contributed by atoms with E-state index in [1.807, 2.05) is 0 Å². The van der Waals surface area contributed by atoms with Crippen molar-refractivity contribution in [3.05, 3.63) is 29.8 Å². The fourth-order valence-corrected chi connectivity index (χ4v) is 3.31. The molecule has 0 heterocycles. The van der Waals surface area contributed by atoms with Crippen molar-refractivity contribution in [3.8, 4) is 0 Å². The lowest BCUT2D eigenvalue weighted by Crippen LogP contribution is -2.08. The molecule has 5 nitrogen and oxygen atoms in total. The first-order chi connectivity index (χ1) is 11.3. The topological polar surface area (TPSA) is 67.8 Å². The molecule has 0 saturated heterocycles. The minimum atomic E-state index is -0.319. The average Bonchev–Trinajstić information content (AvgIpc) is 2.61. The van der Waals surface area contributed by atoms with E-state index in [1.54, 1.807) is 24.3 Å². The Bertz CT molecular complexity index is 457. The first-order valence-corrected chi connectivity index (χ1v) is 8.94. The van der Waals surface area contributed by atoms with E-state index in [-0.39, 0.29) is 5.97 Å². The number of hydrogen-bond acceptors (Lipinski definition) is 6. The zero-order chi connectivity index (χ0) is 16.3. The maximum Gasteiger partial charge on any atom is 0.338 e. The van der Waals surface area contributed by atoms with Gasteiger partial charge in [-0.2, -0.15) is 4.33 Å². The second kappa shape index (κ2) is 10.6. The lowest BCUT2D eigenvalue weighted by molar-refractivity contribution is -0.777. The summed E-state index contributed by atoms with van der Waals surface area (Å²) in [5.74, 6) is 0.560. The first kappa shape index (κ1) is 18.3. The summed E-state index contributed by atoms with van der Waals surface area (Å²) in [6.45, 7) is 0.467. The summed E-state index contributed by atoms with van der Waals surface area (Å²) < 4.78 is 9.49. The molecule has 2 rings (SSSR count). The number of carbonyl (C=O) groups excluding carboxylic acids is 1. The molecule has 1 fully saturated rings. The average molecular weight is 339 g/mol. The summed E-state index contributed by atoms with van der Waals surface area (Å²) >= 11 is 0.792. The molecule has 6 heteroatoms. The molecule has 1 saturated carbocycles. The van der Waals surface area contributed by atoms with Crippen LogP contribution in [0.25, 0.3) is 0 Å². The molecule has 1 aromatic carbocycles. The Balaban J connectivity index is 1.60. The summed E-state index contributed by atoms with van der Waals surface area (Å²) in [6, 6.07) is 6.62. The van der Waals surface area contributed by atoms with Gasteiger partial charge < -0.3 is 9.99 Å². The van der Waals surface area contributed by atoms with Crippen LogP contribution in [0.15, 0.2) is 29.2 Å². The van der Waals surface area contributed by atoms with Crippen LogP contribution in [0.3, 0.4) is 0 Å². The molecule has 1 aromatic rings. The van der Waals surface area contributed by atoms with Gasteiger partial charge in [-0.05, 0) is 43.0 Å². The van der Waals surface area contributed by atoms with E-state index >= 15 is 0 Å². The number of carbonyl (C=O) groups is 1. The standard InChI is InChI=1S/C17H24O5S/c18-17(15-9-11-16(12-10-15)23-22-21-19)20-13-5-4-8-14-6-2-1-3-7-14/h9-12,14,19H,1-8,13H2/p-1. The van der Waals surface area contributed by atoms with Crippen LogP contribution in [0, 0.1) is 5.92 Å². The minimum Gasteiger partial charge on any atom is -0.691 e. The summed E-state index contributed by atoms with van der Waals surface area (Å²) in [7, 11) is 0. The molecule has 0 atom stereocenters. The molecule has 0 radical (unpaired) electrons. The Morgan fingerprint density at radius 3 is 2.57 bits per heavy atom. The summed E-state index contributed by atoms with van der Waals surface area (Å²) in [4.78, 5) is 12.6. The van der Waals surface area contributed by atoms with E-state index in [4.69, 9.17) is 4.74 Å². The first-order valence-electron chi connectivity index (χ1n) is 8.20. The number of benzene rings is 1. The van der Waals surface area contributed by atoms with E-state index < -0.39 is 0 Å². The van der Waals surface area contributed by atoms with E-state index in [0.717, 1.165) is 30.8 Å². The highest BCUT2D eigenvalue weighted by Gasteiger charge is 2.13. The van der Waals surface area contributed by atoms with E-state index in [2.05, 4.69) is 9.37 Å². The van der Waals surface area contributed by atoms with E-state index in [0.29, 0.717) is 17.1 Å². The molecule has 0 unspecified atom stereocenters. The lowest BCUT2D eigenvalue weighted by atomic mass is 9.86. The van der Waals surface area contributed by atoms with Gasteiger partial charge in [-0.25, -0.2) is 4.79 Å². The van der Waals surface area contributed by atoms with Crippen LogP contribution in [0.4, 0.5) is 0 Å². The minimum absolute atomic E-state index is 0.319. The van der Waals surface area contributed by atoms with Gasteiger partial charge in [0.2, 0.25) is 0 Å². The maximum absolute atomic E-state index is 11.9. The van der Waals surface area contributed by atoms with Crippen molar-refractivity contribution in [3.63, 3.8) is 0 Å². The van der Waals surface area contributed by atoms with Crippen molar-refractivity contribution in [1.82, 2.24) is 0 Å². The molecule has 1 aliphatic carbocycles. The van der Waals surface area contributed by atoms with Gasteiger partial charge in [0.1, 0.15) is 0 Å². The van der Waals surface area contributed by atoms with Crippen LogP contribution < -0.4 is 5.26 Å². The highest BCUT2D eigenvalue weighted by molar-refractivity contribution is 7.94. The number of ether oxygens (including phenoxy) is 1. The normalized spacial score (nSPS) is 15.5. The molecule has 0 spiro atoms. The molecule has 0 aromatic heterocycles. The summed E-state index contributed by atoms with van der Waals surface area (Å²) in [5, 5.41) is 13.0. The molecule has 23 heavy (non-hydrogen) atoms. The zero-order valence-corrected chi connectivity index (χ0v) is 14.0. The Morgan fingerprint density at radius 2 is 1.87 bits per heavy atom. The smallest absolute Gasteiger partial charge is 0.338 e. The number of rotatable bonds is 9. The van der Waals surface area contributed by atoms with E-state index in [1.165, 1.54) is 38.5 Å². The van der Waals surface area contributed by atoms with E-state index in [9.17, 15) is 10.1 Å². The third-order valence-corrected chi connectivity index (χ3v) is 4.80. The third-order valence-electron chi connectivity index (χ3n) is 4.21. The van der Waals surface area contributed by atoms with Gasteiger partial charge in [0.05, 0.1) is 24.2 Å². The SMILES string of the molecule is O=C(OCCCCC1CCCCC1)c1ccc(SOO[O-])cc1. The molecule has 128 valence electrons.